The maximum Gasteiger partial charge on any atom is 0.0986 e. The molecular weight excluding hydrogens is 170 g/mol. The van der Waals surface area contributed by atoms with Gasteiger partial charge in [-0.2, -0.15) is 8.75 Å². The van der Waals surface area contributed by atoms with E-state index >= 15 is 0 Å². The Morgan fingerprint density at radius 2 is 2.50 bits per heavy atom. The Morgan fingerprint density at radius 1 is 1.50 bits per heavy atom. The van der Waals surface area contributed by atoms with E-state index in [4.69, 9.17) is 0 Å². The Morgan fingerprint density at radius 3 is 3.17 bits per heavy atom. The fourth-order valence-corrected chi connectivity index (χ4v) is 1.71. The molecule has 1 aromatic rings. The van der Waals surface area contributed by atoms with E-state index in [1.54, 1.807) is 6.20 Å². The van der Waals surface area contributed by atoms with E-state index in [0.29, 0.717) is 0 Å². The third-order valence-corrected chi connectivity index (χ3v) is 2.42. The molecule has 1 aromatic heterocycles. The van der Waals surface area contributed by atoms with E-state index in [1.807, 2.05) is 0 Å². The summed E-state index contributed by atoms with van der Waals surface area (Å²) in [5.74, 6) is 0. The molecule has 0 spiro atoms. The zero-order valence-electron chi connectivity index (χ0n) is 6.79. The number of allylic oxidation sites excluding steroid dienone is 1. The molecule has 2 rings (SSSR count). The summed E-state index contributed by atoms with van der Waals surface area (Å²) in [6.45, 7) is 1.10. The van der Waals surface area contributed by atoms with Gasteiger partial charge in [0.05, 0.1) is 23.6 Å². The zero-order chi connectivity index (χ0) is 8.23. The van der Waals surface area contributed by atoms with E-state index < -0.39 is 0 Å². The fourth-order valence-electron chi connectivity index (χ4n) is 1.31. The van der Waals surface area contributed by atoms with Crippen LogP contribution < -0.4 is 5.32 Å². The molecule has 64 valence electrons. The SMILES string of the molecule is C(=C1CCCCN1)c1cnsn1. The van der Waals surface area contributed by atoms with Crippen molar-refractivity contribution in [2.24, 2.45) is 0 Å². The van der Waals surface area contributed by atoms with Crippen molar-refractivity contribution in [1.82, 2.24) is 14.1 Å². The molecule has 0 saturated carbocycles. The molecule has 1 aliphatic heterocycles. The Kier molecular flexibility index (Phi) is 2.36. The molecule has 12 heavy (non-hydrogen) atoms. The molecule has 2 heterocycles. The summed E-state index contributed by atoms with van der Waals surface area (Å²) in [7, 11) is 0. The predicted octanol–water partition coefficient (Wildman–Crippen LogP) is 1.65. The number of nitrogens with zero attached hydrogens (tertiary/aromatic N) is 2. The lowest BCUT2D eigenvalue weighted by Crippen LogP contribution is -2.19. The zero-order valence-corrected chi connectivity index (χ0v) is 7.60. The summed E-state index contributed by atoms with van der Waals surface area (Å²) < 4.78 is 8.07. The number of aromatic nitrogens is 2. The highest BCUT2D eigenvalue weighted by atomic mass is 32.1. The Balaban J connectivity index is 2.07. The van der Waals surface area contributed by atoms with Crippen molar-refractivity contribution in [2.45, 2.75) is 19.3 Å². The number of rotatable bonds is 1. The first kappa shape index (κ1) is 7.73. The molecule has 0 atom stereocenters. The van der Waals surface area contributed by atoms with Crippen LogP contribution in [0.1, 0.15) is 25.0 Å². The van der Waals surface area contributed by atoms with Crippen molar-refractivity contribution in [3.05, 3.63) is 17.6 Å². The van der Waals surface area contributed by atoms with Crippen molar-refractivity contribution < 1.29 is 0 Å². The highest BCUT2D eigenvalue weighted by Gasteiger charge is 2.03. The normalized spacial score (nSPS) is 20.8. The van der Waals surface area contributed by atoms with Gasteiger partial charge in [-0.3, -0.25) is 0 Å². The van der Waals surface area contributed by atoms with Gasteiger partial charge >= 0.3 is 0 Å². The highest BCUT2D eigenvalue weighted by molar-refractivity contribution is 6.99. The third-order valence-electron chi connectivity index (χ3n) is 1.93. The average Bonchev–Trinajstić information content (AvgIpc) is 2.59. The quantitative estimate of drug-likeness (QED) is 0.716. The minimum Gasteiger partial charge on any atom is -0.388 e. The molecule has 0 unspecified atom stereocenters. The molecule has 1 N–H and O–H groups in total. The van der Waals surface area contributed by atoms with Gasteiger partial charge in [-0.25, -0.2) is 0 Å². The van der Waals surface area contributed by atoms with Crippen LogP contribution >= 0.6 is 11.7 Å². The molecule has 1 fully saturated rings. The first-order valence-electron chi connectivity index (χ1n) is 4.17. The lowest BCUT2D eigenvalue weighted by molar-refractivity contribution is 0.592. The monoisotopic (exact) mass is 181 g/mol. The van der Waals surface area contributed by atoms with Crippen LogP contribution in [0, 0.1) is 0 Å². The average molecular weight is 181 g/mol. The largest absolute Gasteiger partial charge is 0.388 e. The second kappa shape index (κ2) is 3.67. The summed E-state index contributed by atoms with van der Waals surface area (Å²) in [5, 5.41) is 3.36. The van der Waals surface area contributed by atoms with Crippen LogP contribution in [0.2, 0.25) is 0 Å². The Labute approximate surface area is 75.8 Å². The molecule has 4 heteroatoms. The molecule has 0 amide bonds. The van der Waals surface area contributed by atoms with Gasteiger partial charge in [0.1, 0.15) is 0 Å². The summed E-state index contributed by atoms with van der Waals surface area (Å²) in [5.41, 5.74) is 2.28. The van der Waals surface area contributed by atoms with Crippen LogP contribution in [0.4, 0.5) is 0 Å². The molecule has 0 aromatic carbocycles. The van der Waals surface area contributed by atoms with Crippen LogP contribution in [-0.2, 0) is 0 Å². The van der Waals surface area contributed by atoms with Gasteiger partial charge in [0, 0.05) is 12.2 Å². The standard InChI is InChI=1S/C8H11N3S/c1-2-4-9-7(3-1)5-8-6-10-12-11-8/h5-6,9H,1-4H2. The minimum absolute atomic E-state index is 0.976. The third kappa shape index (κ3) is 1.82. The highest BCUT2D eigenvalue weighted by Crippen LogP contribution is 2.13. The van der Waals surface area contributed by atoms with E-state index in [-0.39, 0.29) is 0 Å². The number of hydrogen-bond acceptors (Lipinski definition) is 4. The van der Waals surface area contributed by atoms with Crippen molar-refractivity contribution in [2.75, 3.05) is 6.54 Å². The van der Waals surface area contributed by atoms with Crippen LogP contribution in [0.25, 0.3) is 6.08 Å². The van der Waals surface area contributed by atoms with E-state index in [9.17, 15) is 0 Å². The molecule has 1 aliphatic rings. The second-order valence-corrected chi connectivity index (χ2v) is 3.44. The summed E-state index contributed by atoms with van der Waals surface area (Å²) >= 11 is 1.26. The summed E-state index contributed by atoms with van der Waals surface area (Å²) in [6, 6.07) is 0. The lowest BCUT2D eigenvalue weighted by atomic mass is 10.1. The lowest BCUT2D eigenvalue weighted by Gasteiger charge is -2.15. The number of hydrogen-bond donors (Lipinski definition) is 1. The topological polar surface area (TPSA) is 37.8 Å². The van der Waals surface area contributed by atoms with Crippen LogP contribution in [0.15, 0.2) is 11.9 Å². The molecule has 0 radical (unpaired) electrons. The Bertz CT molecular complexity index is 258. The van der Waals surface area contributed by atoms with Crippen molar-refractivity contribution >= 4 is 17.8 Å². The van der Waals surface area contributed by atoms with Gasteiger partial charge in [0.15, 0.2) is 0 Å². The molecule has 0 aliphatic carbocycles. The number of piperidine rings is 1. The fraction of sp³-hybridized carbons (Fsp3) is 0.500. The smallest absolute Gasteiger partial charge is 0.0986 e. The van der Waals surface area contributed by atoms with Crippen molar-refractivity contribution in [1.29, 1.82) is 0 Å². The van der Waals surface area contributed by atoms with Crippen LogP contribution in [0.5, 0.6) is 0 Å². The first-order chi connectivity index (χ1) is 5.95. The second-order valence-electron chi connectivity index (χ2n) is 2.89. The van der Waals surface area contributed by atoms with E-state index in [0.717, 1.165) is 18.7 Å². The van der Waals surface area contributed by atoms with Crippen molar-refractivity contribution in [3.8, 4) is 0 Å². The summed E-state index contributed by atoms with van der Waals surface area (Å²) in [4.78, 5) is 0. The van der Waals surface area contributed by atoms with Gasteiger partial charge in [-0.1, -0.05) is 0 Å². The van der Waals surface area contributed by atoms with Gasteiger partial charge in [-0.05, 0) is 25.3 Å². The van der Waals surface area contributed by atoms with Gasteiger partial charge in [0.2, 0.25) is 0 Å². The summed E-state index contributed by atoms with van der Waals surface area (Å²) in [6.07, 6.45) is 7.61. The van der Waals surface area contributed by atoms with Crippen LogP contribution in [-0.4, -0.2) is 15.3 Å². The minimum atomic E-state index is 0.976. The molecule has 3 nitrogen and oxygen atoms in total. The molecular formula is C8H11N3S. The van der Waals surface area contributed by atoms with Crippen LogP contribution in [0.3, 0.4) is 0 Å². The van der Waals surface area contributed by atoms with E-state index in [2.05, 4.69) is 20.1 Å². The van der Waals surface area contributed by atoms with E-state index in [1.165, 1.54) is 30.3 Å². The van der Waals surface area contributed by atoms with Crippen molar-refractivity contribution in [3.63, 3.8) is 0 Å². The first-order valence-corrected chi connectivity index (χ1v) is 4.90. The van der Waals surface area contributed by atoms with Gasteiger partial charge in [0.25, 0.3) is 0 Å². The molecule has 1 saturated heterocycles. The van der Waals surface area contributed by atoms with Gasteiger partial charge in [-0.15, -0.1) is 0 Å². The maximum absolute atomic E-state index is 4.12. The Hall–Kier alpha value is -0.900. The number of nitrogens with one attached hydrogen (secondary N) is 1. The molecule has 0 bridgehead atoms. The van der Waals surface area contributed by atoms with Gasteiger partial charge < -0.3 is 5.32 Å². The maximum atomic E-state index is 4.12. The predicted molar refractivity (Wildman–Crippen MR) is 49.7 cm³/mol.